The van der Waals surface area contributed by atoms with Crippen molar-refractivity contribution in [3.63, 3.8) is 0 Å². The zero-order chi connectivity index (χ0) is 13.2. The molecule has 1 fully saturated rings. The van der Waals surface area contributed by atoms with Crippen LogP contribution in [0.2, 0.25) is 0 Å². The summed E-state index contributed by atoms with van der Waals surface area (Å²) in [7, 11) is 3.28. The van der Waals surface area contributed by atoms with Gasteiger partial charge in [0.2, 0.25) is 0 Å². The summed E-state index contributed by atoms with van der Waals surface area (Å²) in [5, 5.41) is 0. The van der Waals surface area contributed by atoms with E-state index in [1.54, 1.807) is 14.2 Å². The molecule has 0 aliphatic carbocycles. The van der Waals surface area contributed by atoms with Crippen LogP contribution in [-0.2, 0) is 4.74 Å². The van der Waals surface area contributed by atoms with Gasteiger partial charge >= 0.3 is 0 Å². The Hall–Kier alpha value is -1.26. The number of nitrogens with two attached hydrogens (primary N) is 1. The molecule has 0 spiro atoms. The van der Waals surface area contributed by atoms with E-state index >= 15 is 0 Å². The van der Waals surface area contributed by atoms with Gasteiger partial charge in [0.1, 0.15) is 11.5 Å². The molecule has 1 aromatic rings. The molecule has 1 aliphatic rings. The second-order valence-electron chi connectivity index (χ2n) is 4.82. The maximum Gasteiger partial charge on any atom is 0.127 e. The summed E-state index contributed by atoms with van der Waals surface area (Å²) in [6, 6.07) is 5.43. The Morgan fingerprint density at radius 3 is 2.33 bits per heavy atom. The SMILES string of the molecule is COc1cccc(OC)c1C(N)C1(C)CCCO1. The molecular weight excluding hydrogens is 230 g/mol. The third-order valence-electron chi connectivity index (χ3n) is 3.68. The van der Waals surface area contributed by atoms with Gasteiger partial charge in [0, 0.05) is 6.61 Å². The lowest BCUT2D eigenvalue weighted by Crippen LogP contribution is -2.38. The van der Waals surface area contributed by atoms with E-state index in [0.29, 0.717) is 0 Å². The van der Waals surface area contributed by atoms with E-state index in [2.05, 4.69) is 6.92 Å². The van der Waals surface area contributed by atoms with E-state index in [0.717, 1.165) is 36.5 Å². The first-order valence-corrected chi connectivity index (χ1v) is 6.23. The van der Waals surface area contributed by atoms with Crippen molar-refractivity contribution in [3.05, 3.63) is 23.8 Å². The largest absolute Gasteiger partial charge is 0.496 e. The Bertz CT molecular complexity index is 391. The number of benzene rings is 1. The fraction of sp³-hybridized carbons (Fsp3) is 0.571. The summed E-state index contributed by atoms with van der Waals surface area (Å²) in [6.45, 7) is 2.82. The summed E-state index contributed by atoms with van der Waals surface area (Å²) in [6.07, 6.45) is 2.00. The summed E-state index contributed by atoms with van der Waals surface area (Å²) < 4.78 is 16.6. The van der Waals surface area contributed by atoms with Crippen molar-refractivity contribution in [2.75, 3.05) is 20.8 Å². The Morgan fingerprint density at radius 2 is 1.89 bits per heavy atom. The van der Waals surface area contributed by atoms with Gasteiger partial charge in [0.25, 0.3) is 0 Å². The molecule has 0 radical (unpaired) electrons. The topological polar surface area (TPSA) is 53.7 Å². The van der Waals surface area contributed by atoms with Crippen molar-refractivity contribution >= 4 is 0 Å². The lowest BCUT2D eigenvalue weighted by atomic mass is 9.87. The van der Waals surface area contributed by atoms with Crippen LogP contribution in [0, 0.1) is 0 Å². The highest BCUT2D eigenvalue weighted by Gasteiger charge is 2.39. The maximum atomic E-state index is 6.40. The first-order valence-electron chi connectivity index (χ1n) is 6.23. The Kier molecular flexibility index (Phi) is 3.78. The highest BCUT2D eigenvalue weighted by Crippen LogP contribution is 2.42. The van der Waals surface area contributed by atoms with Gasteiger partial charge in [0.05, 0.1) is 31.4 Å². The molecule has 2 N–H and O–H groups in total. The second-order valence-corrected chi connectivity index (χ2v) is 4.82. The molecule has 4 heteroatoms. The second kappa shape index (κ2) is 5.16. The van der Waals surface area contributed by atoms with Crippen LogP contribution in [0.5, 0.6) is 11.5 Å². The number of methoxy groups -OCH3 is 2. The minimum absolute atomic E-state index is 0.258. The molecule has 2 unspecified atom stereocenters. The molecule has 100 valence electrons. The number of hydrogen-bond donors (Lipinski definition) is 1. The van der Waals surface area contributed by atoms with E-state index in [1.165, 1.54) is 0 Å². The van der Waals surface area contributed by atoms with Crippen molar-refractivity contribution < 1.29 is 14.2 Å². The van der Waals surface area contributed by atoms with Gasteiger partial charge in [-0.05, 0) is 31.9 Å². The predicted molar refractivity (Wildman–Crippen MR) is 70.1 cm³/mol. The molecule has 2 rings (SSSR count). The average Bonchev–Trinajstić information content (AvgIpc) is 2.85. The van der Waals surface area contributed by atoms with Crippen LogP contribution < -0.4 is 15.2 Å². The molecule has 1 saturated heterocycles. The van der Waals surface area contributed by atoms with E-state index < -0.39 is 0 Å². The average molecular weight is 251 g/mol. The molecule has 1 aliphatic heterocycles. The van der Waals surface area contributed by atoms with Gasteiger partial charge in [-0.25, -0.2) is 0 Å². The van der Waals surface area contributed by atoms with Crippen molar-refractivity contribution in [1.29, 1.82) is 0 Å². The monoisotopic (exact) mass is 251 g/mol. The highest BCUT2D eigenvalue weighted by atomic mass is 16.5. The zero-order valence-corrected chi connectivity index (χ0v) is 11.2. The van der Waals surface area contributed by atoms with E-state index in [1.807, 2.05) is 18.2 Å². The molecule has 4 nitrogen and oxygen atoms in total. The van der Waals surface area contributed by atoms with Crippen LogP contribution in [0.3, 0.4) is 0 Å². The normalized spacial score (nSPS) is 24.9. The third kappa shape index (κ3) is 2.18. The lowest BCUT2D eigenvalue weighted by Gasteiger charge is -2.32. The van der Waals surface area contributed by atoms with Crippen molar-refractivity contribution in [1.82, 2.24) is 0 Å². The van der Waals surface area contributed by atoms with Crippen molar-refractivity contribution in [2.24, 2.45) is 5.73 Å². The van der Waals surface area contributed by atoms with Crippen LogP contribution in [0.1, 0.15) is 31.4 Å². The van der Waals surface area contributed by atoms with Crippen LogP contribution in [0.4, 0.5) is 0 Å². The fourth-order valence-corrected chi connectivity index (χ4v) is 2.54. The van der Waals surface area contributed by atoms with E-state index in [9.17, 15) is 0 Å². The highest BCUT2D eigenvalue weighted by molar-refractivity contribution is 5.48. The fourth-order valence-electron chi connectivity index (χ4n) is 2.54. The molecule has 1 heterocycles. The number of rotatable bonds is 4. The molecule has 0 saturated carbocycles. The Labute approximate surface area is 108 Å². The molecule has 0 bridgehead atoms. The molecular formula is C14H21NO3. The van der Waals surface area contributed by atoms with Gasteiger partial charge in [-0.2, -0.15) is 0 Å². The Balaban J connectivity index is 2.42. The quantitative estimate of drug-likeness (QED) is 0.892. The first kappa shape index (κ1) is 13.2. The standard InChI is InChI=1S/C14H21NO3/c1-14(8-5-9-18-14)13(15)12-10(16-2)6-4-7-11(12)17-3/h4,6-7,13H,5,8-9,15H2,1-3H3. The van der Waals surface area contributed by atoms with Crippen LogP contribution >= 0.6 is 0 Å². The van der Waals surface area contributed by atoms with Crippen molar-refractivity contribution in [3.8, 4) is 11.5 Å². The van der Waals surface area contributed by atoms with Gasteiger partial charge in [-0.15, -0.1) is 0 Å². The predicted octanol–water partition coefficient (Wildman–Crippen LogP) is 2.27. The van der Waals surface area contributed by atoms with Gasteiger partial charge in [-0.3, -0.25) is 0 Å². The molecule has 18 heavy (non-hydrogen) atoms. The minimum atomic E-state index is -0.345. The van der Waals surface area contributed by atoms with E-state index in [4.69, 9.17) is 19.9 Å². The summed E-state index contributed by atoms with van der Waals surface area (Å²) >= 11 is 0. The third-order valence-corrected chi connectivity index (χ3v) is 3.68. The molecule has 0 aromatic heterocycles. The van der Waals surface area contributed by atoms with Crippen LogP contribution in [0.25, 0.3) is 0 Å². The minimum Gasteiger partial charge on any atom is -0.496 e. The number of ether oxygens (including phenoxy) is 3. The summed E-state index contributed by atoms with van der Waals surface area (Å²) in [5.74, 6) is 1.50. The van der Waals surface area contributed by atoms with Crippen molar-refractivity contribution in [2.45, 2.75) is 31.4 Å². The molecule has 0 amide bonds. The summed E-state index contributed by atoms with van der Waals surface area (Å²) in [5.41, 5.74) is 6.94. The van der Waals surface area contributed by atoms with Crippen LogP contribution in [-0.4, -0.2) is 26.4 Å². The lowest BCUT2D eigenvalue weighted by molar-refractivity contribution is -0.00281. The zero-order valence-electron chi connectivity index (χ0n) is 11.2. The number of hydrogen-bond acceptors (Lipinski definition) is 4. The smallest absolute Gasteiger partial charge is 0.127 e. The molecule has 2 atom stereocenters. The van der Waals surface area contributed by atoms with Gasteiger partial charge < -0.3 is 19.9 Å². The maximum absolute atomic E-state index is 6.40. The van der Waals surface area contributed by atoms with Gasteiger partial charge in [-0.1, -0.05) is 6.07 Å². The first-order chi connectivity index (χ1) is 8.62. The Morgan fingerprint density at radius 1 is 1.28 bits per heavy atom. The van der Waals surface area contributed by atoms with Gasteiger partial charge in [0.15, 0.2) is 0 Å². The summed E-state index contributed by atoms with van der Waals surface area (Å²) in [4.78, 5) is 0. The molecule has 1 aromatic carbocycles. The van der Waals surface area contributed by atoms with E-state index in [-0.39, 0.29) is 11.6 Å². The van der Waals surface area contributed by atoms with Crippen LogP contribution in [0.15, 0.2) is 18.2 Å².